The Morgan fingerprint density at radius 1 is 1.50 bits per heavy atom. The van der Waals surface area contributed by atoms with Gasteiger partial charge in [-0.15, -0.1) is 0 Å². The molecule has 1 N–H and O–H groups in total. The van der Waals surface area contributed by atoms with Gasteiger partial charge in [-0.25, -0.2) is 8.42 Å². The molecule has 2 rings (SSSR count). The molecule has 0 radical (unpaired) electrons. The minimum absolute atomic E-state index is 0.154. The molecule has 0 spiro atoms. The number of hydrogen-bond donors (Lipinski definition) is 1. The van der Waals surface area contributed by atoms with Gasteiger partial charge in [0.1, 0.15) is 4.90 Å². The molecule has 1 aromatic carbocycles. The van der Waals surface area contributed by atoms with Gasteiger partial charge in [-0.2, -0.15) is 4.31 Å². The normalized spacial score (nSPS) is 22.4. The number of halogens is 1. The minimum atomic E-state index is -3.65. The molecule has 0 saturated heterocycles. The standard InChI is InChI=1S/C13H15ClN2O2S2/c1-3-4-7-16-9(2)13(19)15-11-6-5-10(14)8-12(11)20(16,17)18/h3-6,8-9H,7H2,1-2H3,(H,15,19). The fraction of sp³-hybridized carbons (Fsp3) is 0.308. The Hall–Kier alpha value is -0.950. The Kier molecular flexibility index (Phi) is 4.49. The first-order valence-corrected chi connectivity index (χ1v) is 8.34. The van der Waals surface area contributed by atoms with Crippen molar-refractivity contribution in [1.29, 1.82) is 0 Å². The number of hydrogen-bond acceptors (Lipinski definition) is 3. The van der Waals surface area contributed by atoms with Crippen molar-refractivity contribution in [3.05, 3.63) is 35.4 Å². The summed E-state index contributed by atoms with van der Waals surface area (Å²) < 4.78 is 26.9. The second kappa shape index (κ2) is 5.81. The quantitative estimate of drug-likeness (QED) is 0.669. The number of nitrogens with one attached hydrogen (secondary N) is 1. The zero-order valence-electron chi connectivity index (χ0n) is 11.1. The summed E-state index contributed by atoms with van der Waals surface area (Å²) in [5.41, 5.74) is 0.467. The monoisotopic (exact) mass is 330 g/mol. The van der Waals surface area contributed by atoms with Gasteiger partial charge < -0.3 is 5.32 Å². The van der Waals surface area contributed by atoms with Crippen LogP contribution in [0.25, 0.3) is 0 Å². The lowest BCUT2D eigenvalue weighted by molar-refractivity contribution is 0.426. The minimum Gasteiger partial charge on any atom is -0.348 e. The van der Waals surface area contributed by atoms with Crippen molar-refractivity contribution < 1.29 is 8.42 Å². The Morgan fingerprint density at radius 2 is 2.20 bits per heavy atom. The lowest BCUT2D eigenvalue weighted by Crippen LogP contribution is -2.42. The molecule has 1 aliphatic rings. The summed E-state index contributed by atoms with van der Waals surface area (Å²) in [6.07, 6.45) is 3.59. The van der Waals surface area contributed by atoms with Gasteiger partial charge in [0.25, 0.3) is 0 Å². The predicted molar refractivity (Wildman–Crippen MR) is 85.8 cm³/mol. The van der Waals surface area contributed by atoms with E-state index in [1.54, 1.807) is 25.1 Å². The molecule has 0 bridgehead atoms. The molecular formula is C13H15ClN2O2S2. The van der Waals surface area contributed by atoms with Gasteiger partial charge in [0, 0.05) is 11.6 Å². The molecule has 0 amide bonds. The van der Waals surface area contributed by atoms with Crippen molar-refractivity contribution in [2.75, 3.05) is 11.9 Å². The van der Waals surface area contributed by atoms with Crippen LogP contribution in [0.3, 0.4) is 0 Å². The van der Waals surface area contributed by atoms with Gasteiger partial charge in [-0.3, -0.25) is 0 Å². The van der Waals surface area contributed by atoms with E-state index in [4.69, 9.17) is 23.8 Å². The van der Waals surface area contributed by atoms with Crippen molar-refractivity contribution in [2.24, 2.45) is 0 Å². The van der Waals surface area contributed by atoms with E-state index < -0.39 is 16.1 Å². The molecule has 1 aromatic rings. The average Bonchev–Trinajstić information content (AvgIpc) is 2.45. The Balaban J connectivity index is 2.63. The molecule has 4 nitrogen and oxygen atoms in total. The first-order chi connectivity index (χ1) is 9.37. The van der Waals surface area contributed by atoms with E-state index in [1.165, 1.54) is 10.4 Å². The summed E-state index contributed by atoms with van der Waals surface area (Å²) in [6.45, 7) is 3.88. The van der Waals surface area contributed by atoms with Crippen LogP contribution >= 0.6 is 23.8 Å². The number of fused-ring (bicyclic) bond motifs is 1. The molecule has 0 aromatic heterocycles. The number of nitrogens with zero attached hydrogens (tertiary/aromatic N) is 1. The average molecular weight is 331 g/mol. The molecule has 0 fully saturated rings. The topological polar surface area (TPSA) is 49.4 Å². The third-order valence-corrected chi connectivity index (χ3v) is 5.78. The lowest BCUT2D eigenvalue weighted by atomic mass is 10.3. The van der Waals surface area contributed by atoms with Crippen LogP contribution in [0.15, 0.2) is 35.2 Å². The summed E-state index contributed by atoms with van der Waals surface area (Å²) in [5, 5.41) is 3.36. The van der Waals surface area contributed by atoms with E-state index in [0.717, 1.165) is 0 Å². The molecule has 0 aliphatic carbocycles. The second-order valence-corrected chi connectivity index (χ2v) is 7.18. The molecule has 1 aliphatic heterocycles. The molecular weight excluding hydrogens is 316 g/mol. The van der Waals surface area contributed by atoms with Gasteiger partial charge >= 0.3 is 0 Å². The van der Waals surface area contributed by atoms with Crippen LogP contribution in [0.2, 0.25) is 5.02 Å². The third kappa shape index (κ3) is 2.74. The smallest absolute Gasteiger partial charge is 0.246 e. The van der Waals surface area contributed by atoms with E-state index in [1.807, 2.05) is 13.0 Å². The van der Waals surface area contributed by atoms with Crippen LogP contribution in [0.1, 0.15) is 13.8 Å². The van der Waals surface area contributed by atoms with Gasteiger partial charge in [0.05, 0.1) is 16.7 Å². The van der Waals surface area contributed by atoms with Crippen molar-refractivity contribution in [3.8, 4) is 0 Å². The maximum absolute atomic E-state index is 12.8. The fourth-order valence-electron chi connectivity index (χ4n) is 1.98. The molecule has 1 atom stereocenters. The largest absolute Gasteiger partial charge is 0.348 e. The third-order valence-electron chi connectivity index (χ3n) is 3.12. The van der Waals surface area contributed by atoms with E-state index in [9.17, 15) is 8.42 Å². The van der Waals surface area contributed by atoms with E-state index >= 15 is 0 Å². The highest BCUT2D eigenvalue weighted by atomic mass is 35.5. The molecule has 7 heteroatoms. The van der Waals surface area contributed by atoms with Crippen LogP contribution in [0.5, 0.6) is 0 Å². The Morgan fingerprint density at radius 3 is 2.85 bits per heavy atom. The zero-order chi connectivity index (χ0) is 14.9. The van der Waals surface area contributed by atoms with Crippen LogP contribution in [-0.4, -0.2) is 30.3 Å². The molecule has 20 heavy (non-hydrogen) atoms. The first kappa shape index (κ1) is 15.4. The van der Waals surface area contributed by atoms with Crippen molar-refractivity contribution >= 4 is 44.5 Å². The predicted octanol–water partition coefficient (Wildman–Crippen LogP) is 3.05. The number of sulfonamides is 1. The Labute approximate surface area is 129 Å². The van der Waals surface area contributed by atoms with Crippen LogP contribution in [0, 0.1) is 0 Å². The highest BCUT2D eigenvalue weighted by Crippen LogP contribution is 2.32. The number of anilines is 1. The van der Waals surface area contributed by atoms with Crippen molar-refractivity contribution in [3.63, 3.8) is 0 Å². The van der Waals surface area contributed by atoms with Gasteiger partial charge in [-0.05, 0) is 32.0 Å². The van der Waals surface area contributed by atoms with Crippen LogP contribution in [-0.2, 0) is 10.0 Å². The van der Waals surface area contributed by atoms with Gasteiger partial charge in [-0.1, -0.05) is 36.0 Å². The van der Waals surface area contributed by atoms with E-state index in [-0.39, 0.29) is 11.4 Å². The molecule has 108 valence electrons. The number of thiocarbonyl (C=S) groups is 1. The van der Waals surface area contributed by atoms with Crippen LogP contribution < -0.4 is 5.32 Å². The van der Waals surface area contributed by atoms with E-state index in [2.05, 4.69) is 5.32 Å². The van der Waals surface area contributed by atoms with E-state index in [0.29, 0.717) is 15.7 Å². The summed E-state index contributed by atoms with van der Waals surface area (Å²) in [7, 11) is -3.65. The summed E-state index contributed by atoms with van der Waals surface area (Å²) in [6, 6.07) is 4.30. The van der Waals surface area contributed by atoms with Gasteiger partial charge in [0.2, 0.25) is 10.0 Å². The zero-order valence-corrected chi connectivity index (χ0v) is 13.5. The first-order valence-electron chi connectivity index (χ1n) is 6.11. The SMILES string of the molecule is CC=CCN1C(C)C(=S)Nc2ccc(Cl)cc2S1(=O)=O. The van der Waals surface area contributed by atoms with Gasteiger partial charge in [0.15, 0.2) is 0 Å². The van der Waals surface area contributed by atoms with Crippen molar-refractivity contribution in [1.82, 2.24) is 4.31 Å². The summed E-state index contributed by atoms with van der Waals surface area (Å²) in [4.78, 5) is 0.625. The molecule has 1 heterocycles. The highest BCUT2D eigenvalue weighted by Gasteiger charge is 2.35. The number of allylic oxidation sites excluding steroid dienone is 1. The Bertz CT molecular complexity index is 671. The number of benzene rings is 1. The highest BCUT2D eigenvalue weighted by molar-refractivity contribution is 7.89. The summed E-state index contributed by atoms with van der Waals surface area (Å²) in [5.74, 6) is 0. The second-order valence-electron chi connectivity index (χ2n) is 4.45. The lowest BCUT2D eigenvalue weighted by Gasteiger charge is -2.24. The summed E-state index contributed by atoms with van der Waals surface area (Å²) >= 11 is 11.2. The number of rotatable bonds is 2. The molecule has 1 unspecified atom stereocenters. The maximum Gasteiger partial charge on any atom is 0.246 e. The fourth-order valence-corrected chi connectivity index (χ4v) is 4.25. The maximum atomic E-state index is 12.8. The van der Waals surface area contributed by atoms with Crippen LogP contribution in [0.4, 0.5) is 5.69 Å². The molecule has 0 saturated carbocycles. The van der Waals surface area contributed by atoms with Crippen molar-refractivity contribution in [2.45, 2.75) is 24.8 Å².